The minimum Gasteiger partial charge on any atom is -0.344 e. The molecule has 0 aliphatic carbocycles. The lowest BCUT2D eigenvalue weighted by atomic mass is 10.2. The van der Waals surface area contributed by atoms with Crippen molar-refractivity contribution in [2.24, 2.45) is 0 Å². The van der Waals surface area contributed by atoms with Crippen LogP contribution in [-0.4, -0.2) is 41.8 Å². The molecule has 0 aliphatic rings. The lowest BCUT2D eigenvalue weighted by Crippen LogP contribution is -2.39. The Morgan fingerprint density at radius 3 is 2.50 bits per heavy atom. The van der Waals surface area contributed by atoms with E-state index in [1.54, 1.807) is 13.2 Å². The molecule has 2 rings (SSSR count). The molecule has 0 fully saturated rings. The Kier molecular flexibility index (Phi) is 5.95. The van der Waals surface area contributed by atoms with Crippen LogP contribution in [-0.2, 0) is 11.2 Å². The molecular formula is C17H17F2N3O2. The molecule has 0 spiro atoms. The van der Waals surface area contributed by atoms with Gasteiger partial charge in [0.2, 0.25) is 5.91 Å². The summed E-state index contributed by atoms with van der Waals surface area (Å²) in [5.74, 6) is -2.71. The van der Waals surface area contributed by atoms with E-state index in [4.69, 9.17) is 0 Å². The van der Waals surface area contributed by atoms with Gasteiger partial charge in [-0.25, -0.2) is 8.78 Å². The molecular weight excluding hydrogens is 316 g/mol. The Hall–Kier alpha value is -2.83. The van der Waals surface area contributed by atoms with Crippen LogP contribution in [0.4, 0.5) is 8.78 Å². The summed E-state index contributed by atoms with van der Waals surface area (Å²) in [5.41, 5.74) is 0.688. The van der Waals surface area contributed by atoms with Crippen molar-refractivity contribution >= 4 is 11.8 Å². The van der Waals surface area contributed by atoms with E-state index in [0.717, 1.165) is 17.8 Å². The fraction of sp³-hybridized carbons (Fsp3) is 0.235. The SMILES string of the molecule is CN(CCc1ccccn1)C(=O)CNC(=O)c1cc(F)cc(F)c1. The molecule has 1 heterocycles. The standard InChI is InChI=1S/C17H17F2N3O2/c1-22(7-5-15-4-2-3-6-20-15)16(23)11-21-17(24)12-8-13(18)10-14(19)9-12/h2-4,6,8-10H,5,7,11H2,1H3,(H,21,24). The normalized spacial score (nSPS) is 10.3. The zero-order valence-corrected chi connectivity index (χ0v) is 13.1. The van der Waals surface area contributed by atoms with Crippen molar-refractivity contribution < 1.29 is 18.4 Å². The van der Waals surface area contributed by atoms with Crippen molar-refractivity contribution in [1.29, 1.82) is 0 Å². The molecule has 0 unspecified atom stereocenters. The first kappa shape index (κ1) is 17.5. The van der Waals surface area contributed by atoms with Gasteiger partial charge in [0.15, 0.2) is 0 Å². The van der Waals surface area contributed by atoms with E-state index in [0.29, 0.717) is 19.0 Å². The third-order valence-corrected chi connectivity index (χ3v) is 3.38. The monoisotopic (exact) mass is 333 g/mol. The number of benzene rings is 1. The Morgan fingerprint density at radius 1 is 1.17 bits per heavy atom. The van der Waals surface area contributed by atoms with Crippen LogP contribution < -0.4 is 5.32 Å². The van der Waals surface area contributed by atoms with Crippen molar-refractivity contribution in [2.45, 2.75) is 6.42 Å². The van der Waals surface area contributed by atoms with E-state index < -0.39 is 17.5 Å². The van der Waals surface area contributed by atoms with Crippen LogP contribution in [0.25, 0.3) is 0 Å². The number of hydrogen-bond acceptors (Lipinski definition) is 3. The van der Waals surface area contributed by atoms with Gasteiger partial charge in [-0.1, -0.05) is 6.07 Å². The third-order valence-electron chi connectivity index (χ3n) is 3.38. The topological polar surface area (TPSA) is 62.3 Å². The molecule has 1 aromatic carbocycles. The van der Waals surface area contributed by atoms with Gasteiger partial charge in [-0.15, -0.1) is 0 Å². The van der Waals surface area contributed by atoms with Gasteiger partial charge in [0.25, 0.3) is 5.91 Å². The first-order valence-electron chi connectivity index (χ1n) is 7.34. The summed E-state index contributed by atoms with van der Waals surface area (Å²) in [4.78, 5) is 29.4. The summed E-state index contributed by atoms with van der Waals surface area (Å²) in [5, 5.41) is 2.35. The maximum absolute atomic E-state index is 13.1. The molecule has 24 heavy (non-hydrogen) atoms. The number of halogens is 2. The maximum atomic E-state index is 13.1. The zero-order chi connectivity index (χ0) is 17.5. The lowest BCUT2D eigenvalue weighted by Gasteiger charge is -2.17. The number of rotatable bonds is 6. The number of aromatic nitrogens is 1. The van der Waals surface area contributed by atoms with Crippen molar-refractivity contribution in [1.82, 2.24) is 15.2 Å². The minimum atomic E-state index is -0.848. The summed E-state index contributed by atoms with van der Waals surface area (Å²) in [6, 6.07) is 8.03. The van der Waals surface area contributed by atoms with E-state index in [-0.39, 0.29) is 18.0 Å². The summed E-state index contributed by atoms with van der Waals surface area (Å²) < 4.78 is 26.2. The van der Waals surface area contributed by atoms with Gasteiger partial charge < -0.3 is 10.2 Å². The number of pyridine rings is 1. The number of likely N-dealkylation sites (N-methyl/N-ethyl adjacent to an activating group) is 1. The zero-order valence-electron chi connectivity index (χ0n) is 13.1. The number of hydrogen-bond donors (Lipinski definition) is 1. The summed E-state index contributed by atoms with van der Waals surface area (Å²) >= 11 is 0. The average molecular weight is 333 g/mol. The smallest absolute Gasteiger partial charge is 0.251 e. The Balaban J connectivity index is 1.82. The van der Waals surface area contributed by atoms with Crippen LogP contribution in [0.15, 0.2) is 42.6 Å². The fourth-order valence-electron chi connectivity index (χ4n) is 2.03. The van der Waals surface area contributed by atoms with Crippen LogP contribution in [0.3, 0.4) is 0 Å². The molecule has 0 bridgehead atoms. The van der Waals surface area contributed by atoms with Crippen molar-refractivity contribution in [2.75, 3.05) is 20.1 Å². The first-order valence-corrected chi connectivity index (χ1v) is 7.34. The van der Waals surface area contributed by atoms with Gasteiger partial charge in [0, 0.05) is 43.5 Å². The summed E-state index contributed by atoms with van der Waals surface area (Å²) in [6.07, 6.45) is 2.27. The van der Waals surface area contributed by atoms with Crippen molar-refractivity contribution in [3.63, 3.8) is 0 Å². The second-order valence-corrected chi connectivity index (χ2v) is 5.23. The predicted molar refractivity (Wildman–Crippen MR) is 84.3 cm³/mol. The Morgan fingerprint density at radius 2 is 1.88 bits per heavy atom. The van der Waals surface area contributed by atoms with E-state index in [9.17, 15) is 18.4 Å². The van der Waals surface area contributed by atoms with Crippen LogP contribution in [0.5, 0.6) is 0 Å². The second kappa shape index (κ2) is 8.14. The lowest BCUT2D eigenvalue weighted by molar-refractivity contribution is -0.128. The first-order chi connectivity index (χ1) is 11.5. The number of nitrogens with one attached hydrogen (secondary N) is 1. The van der Waals surface area contributed by atoms with Gasteiger partial charge in [-0.2, -0.15) is 0 Å². The Bertz CT molecular complexity index is 703. The van der Waals surface area contributed by atoms with E-state index in [1.807, 2.05) is 18.2 Å². The highest BCUT2D eigenvalue weighted by Crippen LogP contribution is 2.07. The highest BCUT2D eigenvalue weighted by molar-refractivity contribution is 5.96. The molecule has 7 heteroatoms. The number of carbonyl (C=O) groups excluding carboxylic acids is 2. The third kappa shape index (κ3) is 5.12. The molecule has 0 atom stereocenters. The van der Waals surface area contributed by atoms with E-state index in [2.05, 4.69) is 10.3 Å². The quantitative estimate of drug-likeness (QED) is 0.877. The molecule has 2 amide bonds. The number of amides is 2. The van der Waals surface area contributed by atoms with Crippen LogP contribution >= 0.6 is 0 Å². The molecule has 0 saturated heterocycles. The molecule has 126 valence electrons. The van der Waals surface area contributed by atoms with Crippen LogP contribution in [0.2, 0.25) is 0 Å². The molecule has 1 N–H and O–H groups in total. The molecule has 2 aromatic rings. The van der Waals surface area contributed by atoms with Gasteiger partial charge >= 0.3 is 0 Å². The summed E-state index contributed by atoms with van der Waals surface area (Å²) in [6.45, 7) is 0.190. The highest BCUT2D eigenvalue weighted by atomic mass is 19.1. The molecule has 0 saturated carbocycles. The van der Waals surface area contributed by atoms with Gasteiger partial charge in [-0.05, 0) is 24.3 Å². The van der Waals surface area contributed by atoms with Gasteiger partial charge in [0.05, 0.1) is 6.54 Å². The maximum Gasteiger partial charge on any atom is 0.251 e. The van der Waals surface area contributed by atoms with Crippen molar-refractivity contribution in [3.8, 4) is 0 Å². The average Bonchev–Trinajstić information content (AvgIpc) is 2.57. The molecule has 1 aromatic heterocycles. The fourth-order valence-corrected chi connectivity index (χ4v) is 2.03. The predicted octanol–water partition coefficient (Wildman–Crippen LogP) is 1.79. The number of nitrogens with zero attached hydrogens (tertiary/aromatic N) is 2. The number of carbonyl (C=O) groups is 2. The molecule has 5 nitrogen and oxygen atoms in total. The van der Waals surface area contributed by atoms with Crippen LogP contribution in [0.1, 0.15) is 16.1 Å². The second-order valence-electron chi connectivity index (χ2n) is 5.23. The van der Waals surface area contributed by atoms with Crippen molar-refractivity contribution in [3.05, 3.63) is 65.5 Å². The van der Waals surface area contributed by atoms with E-state index >= 15 is 0 Å². The van der Waals surface area contributed by atoms with Gasteiger partial charge in [0.1, 0.15) is 11.6 Å². The molecule has 0 radical (unpaired) electrons. The largest absolute Gasteiger partial charge is 0.344 e. The highest BCUT2D eigenvalue weighted by Gasteiger charge is 2.13. The Labute approximate surface area is 138 Å². The van der Waals surface area contributed by atoms with E-state index in [1.165, 1.54) is 4.90 Å². The van der Waals surface area contributed by atoms with Gasteiger partial charge in [-0.3, -0.25) is 14.6 Å². The minimum absolute atomic E-state index is 0.170. The summed E-state index contributed by atoms with van der Waals surface area (Å²) in [7, 11) is 1.61. The van der Waals surface area contributed by atoms with Crippen LogP contribution in [0, 0.1) is 11.6 Å². The molecule has 0 aliphatic heterocycles.